The van der Waals surface area contributed by atoms with Crippen LogP contribution in [0, 0.1) is 0 Å². The molecule has 9 heteroatoms. The van der Waals surface area contributed by atoms with Crippen LogP contribution in [0.3, 0.4) is 0 Å². The molecule has 0 aromatic rings. The first-order chi connectivity index (χ1) is 5.73. The highest BCUT2D eigenvalue weighted by Gasteiger charge is 1.76. The molecule has 0 saturated heterocycles. The lowest BCUT2D eigenvalue weighted by Gasteiger charge is -1.76. The van der Waals surface area contributed by atoms with Gasteiger partial charge in [0.05, 0.1) is 0 Å². The molecule has 0 spiro atoms. The minimum Gasteiger partial charge on any atom is -0.344 e. The molecule has 0 aliphatic carbocycles. The summed E-state index contributed by atoms with van der Waals surface area (Å²) in [6, 6.07) is 0. The fraction of sp³-hybridized carbons (Fsp3) is 0. The van der Waals surface area contributed by atoms with Gasteiger partial charge in [0.2, 0.25) is 0 Å². The van der Waals surface area contributed by atoms with E-state index in [0.29, 0.717) is 0 Å². The average molecular weight is 279 g/mol. The zero-order valence-electron chi connectivity index (χ0n) is 11.0. The van der Waals surface area contributed by atoms with Gasteiger partial charge in [0.15, 0.2) is 0 Å². The van der Waals surface area contributed by atoms with Crippen molar-refractivity contribution >= 4 is 8.60 Å². The molecule has 0 heterocycles. The van der Waals surface area contributed by atoms with E-state index in [9.17, 15) is 0 Å². The van der Waals surface area contributed by atoms with Gasteiger partial charge in [-0.15, -0.1) is 52.6 Å². The molecule has 0 saturated carbocycles. The highest BCUT2D eigenvalue weighted by atomic mass is 31.2. The zero-order chi connectivity index (χ0) is 11.6. The summed E-state index contributed by atoms with van der Waals surface area (Å²) >= 11 is 0. The largest absolute Gasteiger partial charge is 0.344 e. The van der Waals surface area contributed by atoms with Crippen molar-refractivity contribution in [2.24, 2.45) is 0 Å². The van der Waals surface area contributed by atoms with E-state index in [0.717, 1.165) is 0 Å². The van der Waals surface area contributed by atoms with Gasteiger partial charge in [-0.3, -0.25) is 0 Å². The molecule has 18 N–H and O–H groups in total. The molecular weight excluding hydrogens is 245 g/mol. The molecule has 0 amide bonds. The fourth-order valence-electron chi connectivity index (χ4n) is 0. The Bertz CT molecular complexity index is 55.7. The molecule has 0 rings (SSSR count). The molecule has 17 heavy (non-hydrogen) atoms. The smallest absolute Gasteiger partial charge is 0.324 e. The fourth-order valence-corrected chi connectivity index (χ4v) is 0. The van der Waals surface area contributed by atoms with Crippen LogP contribution in [0.15, 0.2) is 52.6 Å². The molecule has 0 atom stereocenters. The molecule has 0 aromatic carbocycles. The zero-order valence-corrected chi connectivity index (χ0v) is 11.9. The van der Waals surface area contributed by atoms with E-state index in [1.165, 1.54) is 0 Å². The Kier molecular flexibility index (Phi) is 4060. The molecule has 0 bridgehead atoms. The van der Waals surface area contributed by atoms with Gasteiger partial charge in [-0.2, -0.15) is 0 Å². The van der Waals surface area contributed by atoms with E-state index in [-0.39, 0.29) is 30.8 Å². The highest BCUT2D eigenvalue weighted by Crippen LogP contribution is 2.11. The van der Waals surface area contributed by atoms with Crippen molar-refractivity contribution in [3.63, 3.8) is 0 Å². The summed E-state index contributed by atoms with van der Waals surface area (Å²) in [6.07, 6.45) is 0. The second-order valence-electron chi connectivity index (χ2n) is 0.268. The maximum Gasteiger partial charge on any atom is 0.324 e. The Morgan fingerprint density at radius 1 is 0.412 bits per heavy atom. The van der Waals surface area contributed by atoms with Crippen molar-refractivity contribution in [3.05, 3.63) is 52.6 Å². The molecule has 8 nitrogen and oxygen atoms in total. The Morgan fingerprint density at radius 2 is 0.412 bits per heavy atom. The van der Waals surface area contributed by atoms with E-state index in [4.69, 9.17) is 14.7 Å². The van der Waals surface area contributed by atoms with Crippen LogP contribution < -0.4 is 30.8 Å². The van der Waals surface area contributed by atoms with Crippen molar-refractivity contribution < 1.29 is 14.7 Å². The summed E-state index contributed by atoms with van der Waals surface area (Å²) < 4.78 is 0. The summed E-state index contributed by atoms with van der Waals surface area (Å²) in [5.41, 5.74) is 0. The number of hydrogen-bond donors (Lipinski definition) is 8. The third kappa shape index (κ3) is 2980. The van der Waals surface area contributed by atoms with Crippen LogP contribution in [-0.2, 0) is 0 Å². The SMILES string of the molecule is C=C.C=C.C=C.C=C.N.N.N.N.N.OP(O)O. The van der Waals surface area contributed by atoms with Crippen LogP contribution in [0.4, 0.5) is 0 Å². The molecule has 114 valence electrons. The van der Waals surface area contributed by atoms with Crippen LogP contribution in [-0.4, -0.2) is 14.7 Å². The quantitative estimate of drug-likeness (QED) is 0.241. The van der Waals surface area contributed by atoms with Gasteiger partial charge in [-0.05, 0) is 0 Å². The van der Waals surface area contributed by atoms with E-state index >= 15 is 0 Å². The van der Waals surface area contributed by atoms with Crippen molar-refractivity contribution in [1.29, 1.82) is 0 Å². The Labute approximate surface area is 107 Å². The van der Waals surface area contributed by atoms with Crippen molar-refractivity contribution in [1.82, 2.24) is 30.8 Å². The van der Waals surface area contributed by atoms with Gasteiger partial charge in [-0.25, -0.2) is 0 Å². The molecule has 0 unspecified atom stereocenters. The lowest BCUT2D eigenvalue weighted by atomic mass is 11.3. The molecule has 0 aromatic heterocycles. The monoisotopic (exact) mass is 279 g/mol. The summed E-state index contributed by atoms with van der Waals surface area (Å²) in [5, 5.41) is 0. The summed E-state index contributed by atoms with van der Waals surface area (Å²) in [5.74, 6) is 0. The van der Waals surface area contributed by atoms with Crippen molar-refractivity contribution in [2.75, 3.05) is 0 Å². The molecule has 0 aliphatic rings. The maximum absolute atomic E-state index is 7.23. The lowest BCUT2D eigenvalue weighted by molar-refractivity contribution is 0.368. The predicted molar refractivity (Wildman–Crippen MR) is 83.7 cm³/mol. The lowest BCUT2D eigenvalue weighted by Crippen LogP contribution is -1.54. The first-order valence-corrected chi connectivity index (χ1v) is 3.80. The molecule has 0 radical (unpaired) electrons. The van der Waals surface area contributed by atoms with Gasteiger partial charge in [0, 0.05) is 0 Å². The predicted octanol–water partition coefficient (Wildman–Crippen LogP) is 3.21. The van der Waals surface area contributed by atoms with Crippen LogP contribution in [0.2, 0.25) is 0 Å². The average Bonchev–Trinajstić information content (AvgIpc) is 2.16. The van der Waals surface area contributed by atoms with E-state index in [2.05, 4.69) is 52.6 Å². The second kappa shape index (κ2) is 696. The topological polar surface area (TPSA) is 236 Å². The minimum atomic E-state index is -2.62. The summed E-state index contributed by atoms with van der Waals surface area (Å²) in [6.45, 7) is 24.0. The highest BCUT2D eigenvalue weighted by molar-refractivity contribution is 7.38. The van der Waals surface area contributed by atoms with Gasteiger partial charge < -0.3 is 45.4 Å². The first kappa shape index (κ1) is 99.1. The molecular formula is C8H34N5O3P. The van der Waals surface area contributed by atoms with Crippen LogP contribution in [0.25, 0.3) is 0 Å². The van der Waals surface area contributed by atoms with Gasteiger partial charge in [0.25, 0.3) is 0 Å². The maximum atomic E-state index is 7.23. The Balaban J connectivity index is -0.00000000435. The number of rotatable bonds is 0. The summed E-state index contributed by atoms with van der Waals surface area (Å²) in [4.78, 5) is 21.7. The van der Waals surface area contributed by atoms with Crippen molar-refractivity contribution in [3.8, 4) is 0 Å². The van der Waals surface area contributed by atoms with Crippen molar-refractivity contribution in [2.45, 2.75) is 0 Å². The molecule has 0 fully saturated rings. The summed E-state index contributed by atoms with van der Waals surface area (Å²) in [7, 11) is -2.62. The van der Waals surface area contributed by atoms with E-state index in [1.807, 2.05) is 0 Å². The second-order valence-corrected chi connectivity index (χ2v) is 0.805. The third-order valence-corrected chi connectivity index (χ3v) is 0. The van der Waals surface area contributed by atoms with Crippen LogP contribution >= 0.6 is 8.60 Å². The van der Waals surface area contributed by atoms with Crippen LogP contribution in [0.1, 0.15) is 0 Å². The van der Waals surface area contributed by atoms with Crippen LogP contribution in [0.5, 0.6) is 0 Å². The first-order valence-electron chi connectivity index (χ1n) is 2.60. The normalized spacial score (nSPS) is 3.06. The molecule has 0 aliphatic heterocycles. The standard InChI is InChI=1S/4C2H4.5H3N.H3O3P/c4*1-2;;;;;;1-4(2)3/h4*1-2H2;5*1H3;1-3H. The van der Waals surface area contributed by atoms with E-state index < -0.39 is 8.60 Å². The van der Waals surface area contributed by atoms with Gasteiger partial charge >= 0.3 is 8.60 Å². The minimum absolute atomic E-state index is 0. The van der Waals surface area contributed by atoms with E-state index in [1.54, 1.807) is 0 Å². The Morgan fingerprint density at radius 3 is 0.412 bits per heavy atom. The Hall–Kier alpha value is -0.930. The third-order valence-electron chi connectivity index (χ3n) is 0. The number of hydrogen-bond acceptors (Lipinski definition) is 8. The van der Waals surface area contributed by atoms with Gasteiger partial charge in [-0.1, -0.05) is 0 Å². The van der Waals surface area contributed by atoms with Gasteiger partial charge in [0.1, 0.15) is 0 Å².